The van der Waals surface area contributed by atoms with Gasteiger partial charge in [0.05, 0.1) is 11.8 Å². The van der Waals surface area contributed by atoms with E-state index in [1.54, 1.807) is 36.8 Å². The van der Waals surface area contributed by atoms with Crippen molar-refractivity contribution in [3.63, 3.8) is 0 Å². The van der Waals surface area contributed by atoms with E-state index in [1.165, 1.54) is 5.01 Å². The molecular formula is C18H23N7OS. The molecule has 0 aliphatic heterocycles. The number of aliphatic hydroxyl groups excluding tert-OH is 1. The molecule has 5 N–H and O–H groups in total. The molecule has 1 saturated carbocycles. The van der Waals surface area contributed by atoms with Crippen molar-refractivity contribution in [1.29, 1.82) is 5.26 Å². The second-order valence-electron chi connectivity index (χ2n) is 6.35. The molecule has 1 aliphatic rings. The van der Waals surface area contributed by atoms with Gasteiger partial charge in [-0.05, 0) is 36.3 Å². The zero-order valence-electron chi connectivity index (χ0n) is 15.3. The van der Waals surface area contributed by atoms with Crippen molar-refractivity contribution in [3.05, 3.63) is 29.9 Å². The van der Waals surface area contributed by atoms with Gasteiger partial charge in [-0.25, -0.2) is 26.1 Å². The fourth-order valence-corrected chi connectivity index (χ4v) is 3.39. The average Bonchev–Trinajstić information content (AvgIpc) is 3.10. The Morgan fingerprint density at radius 1 is 1.30 bits per heavy atom. The van der Waals surface area contributed by atoms with Gasteiger partial charge in [-0.3, -0.25) is 5.01 Å². The molecule has 0 bridgehead atoms. The van der Waals surface area contributed by atoms with Crippen LogP contribution in [0.2, 0.25) is 0 Å². The molecule has 3 aromatic heterocycles. The number of nitrogen functional groups attached to an aromatic ring is 1. The zero-order chi connectivity index (χ0) is 20.0. The number of aliphatic hydroxyl groups is 1. The average molecular weight is 385 g/mol. The molecule has 0 spiro atoms. The Hall–Kier alpha value is -2.80. The summed E-state index contributed by atoms with van der Waals surface area (Å²) in [7, 11) is 1.69. The second-order valence-corrected chi connectivity index (χ2v) is 7.25. The maximum Gasteiger partial charge on any atom is 0.165 e. The summed E-state index contributed by atoms with van der Waals surface area (Å²) in [6.07, 6.45) is 5.57. The largest absolute Gasteiger partial charge is 0.396 e. The third-order valence-electron chi connectivity index (χ3n) is 4.04. The molecule has 0 unspecified atom stereocenters. The smallest absolute Gasteiger partial charge is 0.165 e. The van der Waals surface area contributed by atoms with Gasteiger partial charge in [-0.15, -0.1) is 11.3 Å². The minimum absolute atomic E-state index is 0.0417. The molecule has 0 atom stereocenters. The Morgan fingerprint density at radius 3 is 2.52 bits per heavy atom. The van der Waals surface area contributed by atoms with Crippen LogP contribution in [0.1, 0.15) is 19.8 Å². The first-order valence-electron chi connectivity index (χ1n) is 8.32. The fraction of sp³-hybridized carbons (Fsp3) is 0.333. The number of hydrogen-bond acceptors (Lipinski definition) is 9. The SMILES string of the molecule is C#N.CC1CC(O)C1.CN(N)c1ncc(-c2ncc3ccsc3n2)cc1N. The topological polar surface area (TPSA) is 138 Å². The van der Waals surface area contributed by atoms with Crippen molar-refractivity contribution in [2.75, 3.05) is 17.8 Å². The first-order valence-corrected chi connectivity index (χ1v) is 9.20. The number of hydrazine groups is 1. The van der Waals surface area contributed by atoms with Crippen LogP contribution in [0.3, 0.4) is 0 Å². The molecule has 1 aliphatic carbocycles. The van der Waals surface area contributed by atoms with Crippen LogP contribution in [-0.2, 0) is 0 Å². The fourth-order valence-electron chi connectivity index (χ4n) is 2.65. The van der Waals surface area contributed by atoms with E-state index >= 15 is 0 Å². The summed E-state index contributed by atoms with van der Waals surface area (Å²) in [5.41, 5.74) is 7.19. The third kappa shape index (κ3) is 5.10. The number of nitriles is 1. The number of rotatable bonds is 2. The molecule has 0 amide bonds. The Balaban J connectivity index is 0.000000275. The van der Waals surface area contributed by atoms with Gasteiger partial charge >= 0.3 is 0 Å². The van der Waals surface area contributed by atoms with Gasteiger partial charge in [0.25, 0.3) is 0 Å². The molecule has 0 radical (unpaired) electrons. The Labute approximate surface area is 162 Å². The lowest BCUT2D eigenvalue weighted by Gasteiger charge is -2.27. The van der Waals surface area contributed by atoms with Gasteiger partial charge in [0.15, 0.2) is 11.6 Å². The van der Waals surface area contributed by atoms with Gasteiger partial charge in [0.1, 0.15) is 4.83 Å². The van der Waals surface area contributed by atoms with Gasteiger partial charge in [0, 0.05) is 37.0 Å². The number of nitrogens with zero attached hydrogens (tertiary/aromatic N) is 5. The van der Waals surface area contributed by atoms with Crippen LogP contribution in [0.15, 0.2) is 29.9 Å². The molecule has 0 saturated heterocycles. The normalized spacial score (nSPS) is 17.7. The molecule has 1 fully saturated rings. The van der Waals surface area contributed by atoms with E-state index in [0.717, 1.165) is 34.5 Å². The Bertz CT molecular complexity index is 897. The molecule has 27 heavy (non-hydrogen) atoms. The van der Waals surface area contributed by atoms with Crippen molar-refractivity contribution in [2.24, 2.45) is 11.8 Å². The first-order chi connectivity index (χ1) is 12.9. The van der Waals surface area contributed by atoms with E-state index in [2.05, 4.69) is 28.4 Å². The highest BCUT2D eigenvalue weighted by atomic mass is 32.1. The summed E-state index contributed by atoms with van der Waals surface area (Å²) in [5.74, 6) is 7.56. The van der Waals surface area contributed by atoms with E-state index in [1.807, 2.05) is 11.4 Å². The van der Waals surface area contributed by atoms with E-state index in [9.17, 15) is 0 Å². The highest BCUT2D eigenvalue weighted by Gasteiger charge is 2.21. The van der Waals surface area contributed by atoms with E-state index in [-0.39, 0.29) is 6.10 Å². The van der Waals surface area contributed by atoms with Gasteiger partial charge in [0.2, 0.25) is 0 Å². The number of pyridine rings is 1. The summed E-state index contributed by atoms with van der Waals surface area (Å²) in [4.78, 5) is 14.0. The predicted molar refractivity (Wildman–Crippen MR) is 109 cm³/mol. The van der Waals surface area contributed by atoms with Gasteiger partial charge in [-0.1, -0.05) is 6.92 Å². The number of fused-ring (bicyclic) bond motifs is 1. The zero-order valence-corrected chi connectivity index (χ0v) is 16.1. The van der Waals surface area contributed by atoms with Crippen LogP contribution >= 0.6 is 11.3 Å². The molecule has 0 aromatic carbocycles. The number of nitrogens with two attached hydrogens (primary N) is 2. The van der Waals surface area contributed by atoms with Crippen LogP contribution in [0, 0.1) is 17.8 Å². The standard InChI is InChI=1S/C12H12N6S.C5H10O.CHN/c1-18(14)11-9(13)4-8(6-16-11)10-15-5-7-2-3-19-12(7)17-10;1-4-2-5(6)3-4;1-2/h2-6H,13-14H2,1H3;4-6H,2-3H2,1H3;1H. The van der Waals surface area contributed by atoms with E-state index in [4.69, 9.17) is 21.9 Å². The molecule has 142 valence electrons. The first kappa shape index (κ1) is 20.5. The van der Waals surface area contributed by atoms with Crippen LogP contribution < -0.4 is 16.6 Å². The van der Waals surface area contributed by atoms with E-state index in [0.29, 0.717) is 17.3 Å². The lowest BCUT2D eigenvalue weighted by atomic mass is 9.84. The highest BCUT2D eigenvalue weighted by molar-refractivity contribution is 7.16. The highest BCUT2D eigenvalue weighted by Crippen LogP contribution is 2.26. The third-order valence-corrected chi connectivity index (χ3v) is 4.87. The summed E-state index contributed by atoms with van der Waals surface area (Å²) in [6, 6.07) is 3.77. The van der Waals surface area contributed by atoms with Gasteiger partial charge in [-0.2, -0.15) is 0 Å². The Kier molecular flexibility index (Phi) is 7.01. The summed E-state index contributed by atoms with van der Waals surface area (Å²) in [5, 5.41) is 19.5. The molecular weight excluding hydrogens is 362 g/mol. The predicted octanol–water partition coefficient (Wildman–Crippen LogP) is 2.56. The van der Waals surface area contributed by atoms with Crippen molar-refractivity contribution in [2.45, 2.75) is 25.9 Å². The lowest BCUT2D eigenvalue weighted by Crippen LogP contribution is -2.27. The summed E-state index contributed by atoms with van der Waals surface area (Å²) in [6.45, 7) is 5.66. The Morgan fingerprint density at radius 2 is 2.00 bits per heavy atom. The molecule has 3 aromatic rings. The molecule has 9 heteroatoms. The molecule has 4 rings (SSSR count). The van der Waals surface area contributed by atoms with Crippen LogP contribution in [0.4, 0.5) is 11.5 Å². The van der Waals surface area contributed by atoms with Crippen molar-refractivity contribution in [1.82, 2.24) is 15.0 Å². The van der Waals surface area contributed by atoms with Crippen molar-refractivity contribution in [3.8, 4) is 18.0 Å². The van der Waals surface area contributed by atoms with Gasteiger partial charge < -0.3 is 10.8 Å². The maximum absolute atomic E-state index is 8.62. The second kappa shape index (κ2) is 9.23. The van der Waals surface area contributed by atoms with Crippen molar-refractivity contribution >= 4 is 33.1 Å². The lowest BCUT2D eigenvalue weighted by molar-refractivity contribution is 0.0513. The summed E-state index contributed by atoms with van der Waals surface area (Å²) < 4.78 is 0. The van der Waals surface area contributed by atoms with Crippen LogP contribution in [0.25, 0.3) is 21.6 Å². The quantitative estimate of drug-likeness (QED) is 0.452. The summed E-state index contributed by atoms with van der Waals surface area (Å²) >= 11 is 1.58. The van der Waals surface area contributed by atoms with E-state index < -0.39 is 0 Å². The number of thiophene rings is 1. The minimum atomic E-state index is 0.0417. The molecule has 3 heterocycles. The molecule has 8 nitrogen and oxygen atoms in total. The maximum atomic E-state index is 8.62. The van der Waals surface area contributed by atoms with Crippen LogP contribution in [-0.4, -0.2) is 33.2 Å². The minimum Gasteiger partial charge on any atom is -0.396 e. The van der Waals surface area contributed by atoms with Crippen LogP contribution in [0.5, 0.6) is 0 Å². The number of anilines is 2. The number of hydrogen-bond donors (Lipinski definition) is 3. The number of aromatic nitrogens is 3. The monoisotopic (exact) mass is 385 g/mol. The van der Waals surface area contributed by atoms with Crippen molar-refractivity contribution < 1.29 is 5.11 Å².